The average molecular weight is 198 g/mol. The summed E-state index contributed by atoms with van der Waals surface area (Å²) in [6.45, 7) is 2.12. The summed E-state index contributed by atoms with van der Waals surface area (Å²) in [5.74, 6) is 0.908. The molecule has 0 spiro atoms. The maximum atomic E-state index is 11.8. The normalized spacial score (nSPS) is 27.4. The van der Waals surface area contributed by atoms with Gasteiger partial charge in [-0.2, -0.15) is 0 Å². The third-order valence-corrected chi connectivity index (χ3v) is 2.96. The lowest BCUT2D eigenvalue weighted by molar-refractivity contribution is -0.124. The second-order valence-corrected chi connectivity index (χ2v) is 4.07. The zero-order valence-electron chi connectivity index (χ0n) is 8.88. The smallest absolute Gasteiger partial charge is 0.164 e. The molecular weight excluding hydrogens is 180 g/mol. The first kappa shape index (κ1) is 11.2. The van der Waals surface area contributed by atoms with E-state index >= 15 is 0 Å². The first-order valence-corrected chi connectivity index (χ1v) is 5.02. The number of hydrogen-bond acceptors (Lipinski definition) is 3. The van der Waals surface area contributed by atoms with Gasteiger partial charge in [0.25, 0.3) is 0 Å². The van der Waals surface area contributed by atoms with Crippen LogP contribution in [0.2, 0.25) is 0 Å². The van der Waals surface area contributed by atoms with Gasteiger partial charge in [0.05, 0.1) is 12.9 Å². The number of hydrogen-bond donors (Lipinski definition) is 1. The molecule has 14 heavy (non-hydrogen) atoms. The topological polar surface area (TPSA) is 46.5 Å². The fourth-order valence-electron chi connectivity index (χ4n) is 1.79. The van der Waals surface area contributed by atoms with Crippen LogP contribution in [0, 0.1) is 5.41 Å². The highest BCUT2D eigenvalue weighted by Gasteiger charge is 2.34. The van der Waals surface area contributed by atoms with E-state index in [4.69, 9.17) is 9.84 Å². The summed E-state index contributed by atoms with van der Waals surface area (Å²) in [5.41, 5.74) is -0.287. The molecule has 80 valence electrons. The molecule has 0 saturated carbocycles. The van der Waals surface area contributed by atoms with Crippen LogP contribution in [0.4, 0.5) is 0 Å². The maximum absolute atomic E-state index is 11.8. The molecule has 0 saturated heterocycles. The Morgan fingerprint density at radius 2 is 2.36 bits per heavy atom. The number of carbonyl (C=O) groups is 1. The van der Waals surface area contributed by atoms with E-state index in [0.717, 1.165) is 25.0 Å². The third kappa shape index (κ3) is 2.35. The van der Waals surface area contributed by atoms with Crippen LogP contribution in [0.25, 0.3) is 0 Å². The Bertz CT molecular complexity index is 245. The van der Waals surface area contributed by atoms with E-state index in [9.17, 15) is 4.79 Å². The van der Waals surface area contributed by atoms with Gasteiger partial charge in [-0.15, -0.1) is 0 Å². The Hall–Kier alpha value is -0.830. The number of allylic oxidation sites excluding steroid dienone is 2. The molecule has 0 unspecified atom stereocenters. The fraction of sp³-hybridized carbons (Fsp3) is 0.727. The summed E-state index contributed by atoms with van der Waals surface area (Å²) in [6, 6.07) is 0. The lowest BCUT2D eigenvalue weighted by atomic mass is 9.74. The highest BCUT2D eigenvalue weighted by Crippen LogP contribution is 2.36. The Labute approximate surface area is 84.8 Å². The van der Waals surface area contributed by atoms with Crippen LogP contribution in [-0.4, -0.2) is 24.6 Å². The van der Waals surface area contributed by atoms with Crippen molar-refractivity contribution in [2.24, 2.45) is 5.41 Å². The predicted molar refractivity (Wildman–Crippen MR) is 53.8 cm³/mol. The number of aliphatic hydroxyl groups is 1. The molecular formula is C11H18O3. The number of rotatable bonds is 4. The molecule has 0 bridgehead atoms. The van der Waals surface area contributed by atoms with E-state index in [0.29, 0.717) is 6.42 Å². The Balaban J connectivity index is 2.65. The number of ketones is 1. The molecule has 1 N–H and O–H groups in total. The molecule has 0 fully saturated rings. The van der Waals surface area contributed by atoms with E-state index in [2.05, 4.69) is 0 Å². The van der Waals surface area contributed by atoms with E-state index in [1.807, 2.05) is 6.92 Å². The number of methoxy groups -OCH3 is 1. The number of carbonyl (C=O) groups excluding carboxylic acids is 1. The highest BCUT2D eigenvalue weighted by molar-refractivity contribution is 5.95. The Morgan fingerprint density at radius 1 is 1.64 bits per heavy atom. The quantitative estimate of drug-likeness (QED) is 0.747. The van der Waals surface area contributed by atoms with E-state index in [1.54, 1.807) is 13.2 Å². The van der Waals surface area contributed by atoms with E-state index in [1.165, 1.54) is 0 Å². The van der Waals surface area contributed by atoms with Gasteiger partial charge in [0.1, 0.15) is 0 Å². The summed E-state index contributed by atoms with van der Waals surface area (Å²) in [4.78, 5) is 11.8. The molecule has 3 nitrogen and oxygen atoms in total. The molecule has 0 aromatic carbocycles. The standard InChI is InChI=1S/C11H18O3/c1-11(5-3-7-12)6-4-9(14-2)8-10(11)13/h8,12H,3-7H2,1-2H3/t11-/m0/s1. The van der Waals surface area contributed by atoms with Crippen molar-refractivity contribution < 1.29 is 14.6 Å². The summed E-state index contributed by atoms with van der Waals surface area (Å²) in [6.07, 6.45) is 4.70. The van der Waals surface area contributed by atoms with Gasteiger partial charge in [-0.1, -0.05) is 6.92 Å². The van der Waals surface area contributed by atoms with Gasteiger partial charge in [0.2, 0.25) is 0 Å². The minimum atomic E-state index is -0.287. The van der Waals surface area contributed by atoms with Crippen molar-refractivity contribution in [3.8, 4) is 0 Å². The highest BCUT2D eigenvalue weighted by atomic mass is 16.5. The van der Waals surface area contributed by atoms with Crippen LogP contribution >= 0.6 is 0 Å². The summed E-state index contributed by atoms with van der Waals surface area (Å²) in [7, 11) is 1.59. The SMILES string of the molecule is COC1=CC(=O)[C@@](C)(CCCO)CC1. The third-order valence-electron chi connectivity index (χ3n) is 2.96. The zero-order chi connectivity index (χ0) is 10.6. The molecule has 0 heterocycles. The monoisotopic (exact) mass is 198 g/mol. The lowest BCUT2D eigenvalue weighted by Crippen LogP contribution is -2.30. The molecule has 3 heteroatoms. The van der Waals surface area contributed by atoms with Gasteiger partial charge in [0.15, 0.2) is 5.78 Å². The van der Waals surface area contributed by atoms with Crippen molar-refractivity contribution in [3.05, 3.63) is 11.8 Å². The van der Waals surface area contributed by atoms with Gasteiger partial charge < -0.3 is 9.84 Å². The maximum Gasteiger partial charge on any atom is 0.164 e. The van der Waals surface area contributed by atoms with Crippen LogP contribution in [-0.2, 0) is 9.53 Å². The van der Waals surface area contributed by atoms with Gasteiger partial charge in [-0.25, -0.2) is 0 Å². The molecule has 0 radical (unpaired) electrons. The van der Waals surface area contributed by atoms with Crippen molar-refractivity contribution in [1.29, 1.82) is 0 Å². The minimum absolute atomic E-state index is 0.133. The van der Waals surface area contributed by atoms with Gasteiger partial charge in [0, 0.05) is 24.5 Å². The molecule has 0 amide bonds. The van der Waals surface area contributed by atoms with E-state index < -0.39 is 0 Å². The molecule has 0 aromatic heterocycles. The van der Waals surface area contributed by atoms with Crippen LogP contribution in [0.5, 0.6) is 0 Å². The second kappa shape index (κ2) is 4.60. The van der Waals surface area contributed by atoms with Crippen molar-refractivity contribution >= 4 is 5.78 Å². The van der Waals surface area contributed by atoms with Crippen LogP contribution in [0.15, 0.2) is 11.8 Å². The molecule has 1 aliphatic carbocycles. The molecule has 0 aliphatic heterocycles. The summed E-state index contributed by atoms with van der Waals surface area (Å²) < 4.78 is 5.05. The first-order chi connectivity index (χ1) is 6.62. The Morgan fingerprint density at radius 3 is 2.86 bits per heavy atom. The number of ether oxygens (including phenoxy) is 1. The predicted octanol–water partition coefficient (Wildman–Crippen LogP) is 1.66. The molecule has 0 aromatic rings. The van der Waals surface area contributed by atoms with Gasteiger partial charge >= 0.3 is 0 Å². The average Bonchev–Trinajstić information content (AvgIpc) is 2.19. The van der Waals surface area contributed by atoms with Crippen LogP contribution in [0.3, 0.4) is 0 Å². The summed E-state index contributed by atoms with van der Waals surface area (Å²) in [5, 5.41) is 8.74. The van der Waals surface area contributed by atoms with Crippen molar-refractivity contribution in [2.45, 2.75) is 32.6 Å². The first-order valence-electron chi connectivity index (χ1n) is 5.02. The van der Waals surface area contributed by atoms with Crippen molar-refractivity contribution in [1.82, 2.24) is 0 Å². The fourth-order valence-corrected chi connectivity index (χ4v) is 1.79. The van der Waals surface area contributed by atoms with Crippen LogP contribution in [0.1, 0.15) is 32.6 Å². The van der Waals surface area contributed by atoms with Gasteiger partial charge in [-0.3, -0.25) is 4.79 Å². The largest absolute Gasteiger partial charge is 0.501 e. The molecule has 1 rings (SSSR count). The Kier molecular flexibility index (Phi) is 3.69. The molecule has 1 atom stereocenters. The zero-order valence-corrected chi connectivity index (χ0v) is 8.88. The van der Waals surface area contributed by atoms with Crippen molar-refractivity contribution in [2.75, 3.05) is 13.7 Å². The lowest BCUT2D eigenvalue weighted by Gasteiger charge is -2.30. The summed E-state index contributed by atoms with van der Waals surface area (Å²) >= 11 is 0. The second-order valence-electron chi connectivity index (χ2n) is 4.07. The van der Waals surface area contributed by atoms with Crippen LogP contribution < -0.4 is 0 Å². The van der Waals surface area contributed by atoms with Crippen molar-refractivity contribution in [3.63, 3.8) is 0 Å². The van der Waals surface area contributed by atoms with Gasteiger partial charge in [-0.05, 0) is 19.3 Å². The minimum Gasteiger partial charge on any atom is -0.501 e. The number of aliphatic hydroxyl groups excluding tert-OH is 1. The van der Waals surface area contributed by atoms with E-state index in [-0.39, 0.29) is 17.8 Å². The molecule has 1 aliphatic rings.